The first kappa shape index (κ1) is 16.2. The van der Waals surface area contributed by atoms with Crippen molar-refractivity contribution < 1.29 is 9.90 Å². The lowest BCUT2D eigenvalue weighted by Crippen LogP contribution is -2.37. The molecule has 0 spiro atoms. The molecule has 0 aromatic carbocycles. The average Bonchev–Trinajstić information content (AvgIpc) is 2.48. The van der Waals surface area contributed by atoms with Gasteiger partial charge in [0.2, 0.25) is 0 Å². The maximum absolute atomic E-state index is 12.5. The molecule has 1 aromatic heterocycles. The molecule has 1 aromatic rings. The largest absolute Gasteiger partial charge is 0.395 e. The number of aromatic nitrogens is 1. The van der Waals surface area contributed by atoms with Crippen LogP contribution in [-0.4, -0.2) is 40.6 Å². The van der Waals surface area contributed by atoms with E-state index in [1.54, 1.807) is 30.3 Å². The number of hydrogen-bond donors (Lipinski definition) is 1. The first-order chi connectivity index (χ1) is 9.65. The standard InChI is InChI=1S/C16H22N2O2/c1-4-14(5-2)18(3)16(20)15-13(9-6-7-12-19)10-8-11-17-15/h8,10-11,14,19H,4-5,7,12H2,1-3H3. The maximum atomic E-state index is 12.5. The number of carbonyl (C=O) groups is 1. The van der Waals surface area contributed by atoms with Crippen LogP contribution in [0.5, 0.6) is 0 Å². The summed E-state index contributed by atoms with van der Waals surface area (Å²) in [5, 5.41) is 8.75. The van der Waals surface area contributed by atoms with E-state index in [0.29, 0.717) is 17.7 Å². The van der Waals surface area contributed by atoms with E-state index in [4.69, 9.17) is 5.11 Å². The predicted octanol–water partition coefficient (Wildman–Crippen LogP) is 2.08. The Balaban J connectivity index is 3.02. The Morgan fingerprint density at radius 3 is 2.75 bits per heavy atom. The van der Waals surface area contributed by atoms with Gasteiger partial charge in [0.05, 0.1) is 12.2 Å². The van der Waals surface area contributed by atoms with Crippen molar-refractivity contribution in [1.82, 2.24) is 9.88 Å². The van der Waals surface area contributed by atoms with E-state index in [-0.39, 0.29) is 18.6 Å². The first-order valence-electron chi connectivity index (χ1n) is 6.97. The zero-order chi connectivity index (χ0) is 15.0. The van der Waals surface area contributed by atoms with Crippen LogP contribution in [0.25, 0.3) is 0 Å². The molecule has 0 radical (unpaired) electrons. The third-order valence-electron chi connectivity index (χ3n) is 3.28. The monoisotopic (exact) mass is 274 g/mol. The molecular formula is C16H22N2O2. The smallest absolute Gasteiger partial charge is 0.273 e. The molecule has 1 rings (SSSR count). The van der Waals surface area contributed by atoms with Crippen LogP contribution in [-0.2, 0) is 0 Å². The summed E-state index contributed by atoms with van der Waals surface area (Å²) in [6.45, 7) is 4.15. The van der Waals surface area contributed by atoms with Crippen molar-refractivity contribution in [1.29, 1.82) is 0 Å². The lowest BCUT2D eigenvalue weighted by molar-refractivity contribution is 0.0717. The fraction of sp³-hybridized carbons (Fsp3) is 0.500. The van der Waals surface area contributed by atoms with Gasteiger partial charge in [-0.1, -0.05) is 25.7 Å². The highest BCUT2D eigenvalue weighted by atomic mass is 16.2. The lowest BCUT2D eigenvalue weighted by Gasteiger charge is -2.26. The molecule has 0 aliphatic heterocycles. The summed E-state index contributed by atoms with van der Waals surface area (Å²) in [6.07, 6.45) is 3.82. The van der Waals surface area contributed by atoms with E-state index < -0.39 is 0 Å². The lowest BCUT2D eigenvalue weighted by atomic mass is 10.1. The maximum Gasteiger partial charge on any atom is 0.273 e. The van der Waals surface area contributed by atoms with E-state index in [9.17, 15) is 4.79 Å². The summed E-state index contributed by atoms with van der Waals surface area (Å²) in [4.78, 5) is 18.4. The van der Waals surface area contributed by atoms with E-state index in [2.05, 4.69) is 30.7 Å². The summed E-state index contributed by atoms with van der Waals surface area (Å²) in [5.74, 6) is 5.63. The molecule has 0 saturated heterocycles. The van der Waals surface area contributed by atoms with Gasteiger partial charge in [-0.15, -0.1) is 0 Å². The molecule has 0 bridgehead atoms. The second-order valence-electron chi connectivity index (χ2n) is 4.56. The van der Waals surface area contributed by atoms with Crippen LogP contribution in [0.4, 0.5) is 0 Å². The second kappa shape index (κ2) is 8.34. The Labute approximate surface area is 120 Å². The molecule has 1 amide bonds. The molecule has 4 nitrogen and oxygen atoms in total. The van der Waals surface area contributed by atoms with Crippen molar-refractivity contribution in [2.45, 2.75) is 39.2 Å². The first-order valence-corrected chi connectivity index (χ1v) is 6.97. The number of rotatable bonds is 5. The highest BCUT2D eigenvalue weighted by molar-refractivity contribution is 5.94. The Morgan fingerprint density at radius 1 is 1.45 bits per heavy atom. The molecule has 1 N–H and O–H groups in total. The van der Waals surface area contributed by atoms with E-state index in [0.717, 1.165) is 12.8 Å². The van der Waals surface area contributed by atoms with Gasteiger partial charge in [0, 0.05) is 25.7 Å². The van der Waals surface area contributed by atoms with Gasteiger partial charge < -0.3 is 10.0 Å². The number of nitrogens with zero attached hydrogens (tertiary/aromatic N) is 2. The molecule has 20 heavy (non-hydrogen) atoms. The van der Waals surface area contributed by atoms with Crippen LogP contribution in [0.15, 0.2) is 18.3 Å². The molecule has 0 aliphatic rings. The molecule has 4 heteroatoms. The summed E-state index contributed by atoms with van der Waals surface area (Å²) in [7, 11) is 1.81. The molecule has 0 atom stereocenters. The normalized spacial score (nSPS) is 10.1. The minimum atomic E-state index is -0.104. The third kappa shape index (κ3) is 4.07. The van der Waals surface area contributed by atoms with Crippen LogP contribution in [0.3, 0.4) is 0 Å². The third-order valence-corrected chi connectivity index (χ3v) is 3.28. The summed E-state index contributed by atoms with van der Waals surface area (Å²) >= 11 is 0. The number of carbonyl (C=O) groups excluding carboxylic acids is 1. The molecule has 0 saturated carbocycles. The molecule has 1 heterocycles. The van der Waals surface area contributed by atoms with E-state index in [1.165, 1.54) is 0 Å². The van der Waals surface area contributed by atoms with Gasteiger partial charge in [0.15, 0.2) is 0 Å². The summed E-state index contributed by atoms with van der Waals surface area (Å²) in [6, 6.07) is 3.75. The van der Waals surface area contributed by atoms with Gasteiger partial charge >= 0.3 is 0 Å². The van der Waals surface area contributed by atoms with E-state index in [1.807, 2.05) is 0 Å². The number of amides is 1. The predicted molar refractivity (Wildman–Crippen MR) is 79.3 cm³/mol. The van der Waals surface area contributed by atoms with Gasteiger partial charge in [0.1, 0.15) is 5.69 Å². The SMILES string of the molecule is CCC(CC)N(C)C(=O)c1ncccc1C#CCCO. The minimum Gasteiger partial charge on any atom is -0.395 e. The van der Waals surface area contributed by atoms with Gasteiger partial charge in [0.25, 0.3) is 5.91 Å². The number of hydrogen-bond acceptors (Lipinski definition) is 3. The highest BCUT2D eigenvalue weighted by Gasteiger charge is 2.21. The van der Waals surface area contributed by atoms with Crippen molar-refractivity contribution in [3.8, 4) is 11.8 Å². The second-order valence-corrected chi connectivity index (χ2v) is 4.56. The van der Waals surface area contributed by atoms with Crippen LogP contribution < -0.4 is 0 Å². The van der Waals surface area contributed by atoms with Crippen molar-refractivity contribution in [2.75, 3.05) is 13.7 Å². The zero-order valence-electron chi connectivity index (χ0n) is 12.4. The van der Waals surface area contributed by atoms with Crippen molar-refractivity contribution >= 4 is 5.91 Å². The Bertz CT molecular complexity index is 499. The van der Waals surface area contributed by atoms with Crippen molar-refractivity contribution in [3.63, 3.8) is 0 Å². The molecule has 108 valence electrons. The van der Waals surface area contributed by atoms with E-state index >= 15 is 0 Å². The Hall–Kier alpha value is -1.86. The fourth-order valence-electron chi connectivity index (χ4n) is 2.06. The quantitative estimate of drug-likeness (QED) is 0.836. The van der Waals surface area contributed by atoms with Crippen LogP contribution >= 0.6 is 0 Å². The summed E-state index contributed by atoms with van der Waals surface area (Å²) in [5.41, 5.74) is 0.996. The minimum absolute atomic E-state index is 0.0180. The van der Waals surface area contributed by atoms with Crippen molar-refractivity contribution in [3.05, 3.63) is 29.6 Å². The average molecular weight is 274 g/mol. The van der Waals surface area contributed by atoms with Gasteiger partial charge in [-0.05, 0) is 25.0 Å². The molecule has 0 fully saturated rings. The van der Waals surface area contributed by atoms with Crippen LogP contribution in [0, 0.1) is 11.8 Å². The topological polar surface area (TPSA) is 53.4 Å². The number of aliphatic hydroxyl groups is 1. The zero-order valence-corrected chi connectivity index (χ0v) is 12.4. The summed E-state index contributed by atoms with van der Waals surface area (Å²) < 4.78 is 0. The molecular weight excluding hydrogens is 252 g/mol. The van der Waals surface area contributed by atoms with Gasteiger partial charge in [-0.2, -0.15) is 0 Å². The highest BCUT2D eigenvalue weighted by Crippen LogP contribution is 2.12. The number of aliphatic hydroxyl groups excluding tert-OH is 1. The van der Waals surface area contributed by atoms with Crippen LogP contribution in [0.1, 0.15) is 49.2 Å². The Morgan fingerprint density at radius 2 is 2.15 bits per heavy atom. The van der Waals surface area contributed by atoms with Crippen molar-refractivity contribution in [2.24, 2.45) is 0 Å². The van der Waals surface area contributed by atoms with Gasteiger partial charge in [-0.25, -0.2) is 4.98 Å². The van der Waals surface area contributed by atoms with Gasteiger partial charge in [-0.3, -0.25) is 4.79 Å². The molecule has 0 aliphatic carbocycles. The number of pyridine rings is 1. The molecule has 0 unspecified atom stereocenters. The fourth-order valence-corrected chi connectivity index (χ4v) is 2.06. The Kier molecular flexibility index (Phi) is 6.75. The van der Waals surface area contributed by atoms with Crippen LogP contribution in [0.2, 0.25) is 0 Å².